The number of H-pyrrole nitrogens is 1. The molecule has 6 amide bonds. The average molecular weight is 1430 g/mol. The lowest BCUT2D eigenvalue weighted by Gasteiger charge is -2.27. The minimum atomic E-state index is -0.938. The molecule has 2 unspecified atom stereocenters. The highest BCUT2D eigenvalue weighted by molar-refractivity contribution is 8.00. The Balaban J connectivity index is 0.000000247. The van der Waals surface area contributed by atoms with E-state index < -0.39 is 65.1 Å². The molecule has 0 aliphatic carbocycles. The average Bonchev–Trinajstić information content (AvgIpc) is 1.66. The van der Waals surface area contributed by atoms with Crippen molar-refractivity contribution in [3.05, 3.63) is 180 Å². The van der Waals surface area contributed by atoms with Gasteiger partial charge in [0.05, 0.1) is 49.5 Å². The number of hydrogen-bond acceptors (Lipinski definition) is 14. The van der Waals surface area contributed by atoms with Crippen LogP contribution in [0.2, 0.25) is 0 Å². The van der Waals surface area contributed by atoms with E-state index in [1.54, 1.807) is 20.8 Å². The minimum absolute atomic E-state index is 0.0169. The number of aromatic amines is 1. The number of urea groups is 1. The standard InChI is InChI=1S/C46H64N4O7S.C36H39N3O6/c1-29(2)22-36(39(52)26-34(24-32-16-10-7-11-17-32)44(55)48-37(23-30(3)4)42(53)46(5)28-57-46)47-43(54)33(21-20-31-14-8-6-9-15-31)25-35(51)18-12-13-19-40-41-38(27-58-40)49-45(56)50-41;1-3-29(39-35(43)44-22-25-14-8-5-9-15-25)32(40)20-26(19-27-21-37-30-17-11-10-16-28(27)30)34(42)38-31(33(41)36(2)23-45-36)18-24-12-6-4-7-13-24/h6-11,14-17,29-30,33-34,36-38,40-41H,12-13,18-28H2,1-5H3,(H,47,54)(H,48,55)(H2,49,50,56);4-17,21,26,29,31,37H,3,18-20,22-23H2,1-2H3,(H,38,42)(H,39,43)/t33-,34-,36+,37+,38+,40?,41+,46-;26-,29-,31+,36?/m11/s1. The molecule has 12 atom stereocenters. The quantitative estimate of drug-likeness (QED) is 0.0107. The van der Waals surface area contributed by atoms with Gasteiger partial charge in [0.25, 0.3) is 0 Å². The third kappa shape index (κ3) is 23.6. The summed E-state index contributed by atoms with van der Waals surface area (Å²) in [7, 11) is 0. The molecule has 0 bridgehead atoms. The van der Waals surface area contributed by atoms with E-state index in [1.807, 2.05) is 191 Å². The summed E-state index contributed by atoms with van der Waals surface area (Å²) in [6.45, 7) is 13.9. The fourth-order valence-electron chi connectivity index (χ4n) is 13.7. The van der Waals surface area contributed by atoms with Crippen LogP contribution in [0.15, 0.2) is 152 Å². The van der Waals surface area contributed by atoms with E-state index in [9.17, 15) is 47.9 Å². The Morgan fingerprint density at radius 3 is 1.66 bits per heavy atom. The van der Waals surface area contributed by atoms with Crippen LogP contribution in [0.3, 0.4) is 0 Å². The van der Waals surface area contributed by atoms with Crippen LogP contribution in [0.1, 0.15) is 147 Å². The normalized spacial score (nSPS) is 20.6. The zero-order valence-electron chi connectivity index (χ0n) is 60.5. The molecule has 21 heteroatoms. The molecule has 103 heavy (non-hydrogen) atoms. The molecule has 0 saturated carbocycles. The van der Waals surface area contributed by atoms with Crippen LogP contribution in [0.25, 0.3) is 10.9 Å². The number of ketones is 5. The fraction of sp³-hybridized carbons (Fsp3) is 0.488. The third-order valence-corrected chi connectivity index (χ3v) is 21.4. The predicted octanol–water partition coefficient (Wildman–Crippen LogP) is 11.2. The van der Waals surface area contributed by atoms with Gasteiger partial charge in [0.15, 0.2) is 23.1 Å². The van der Waals surface area contributed by atoms with Crippen molar-refractivity contribution >= 4 is 81.4 Å². The summed E-state index contributed by atoms with van der Waals surface area (Å²) in [5.74, 6) is -3.12. The summed E-state index contributed by atoms with van der Waals surface area (Å²) in [6, 6.07) is 42.7. The van der Waals surface area contributed by atoms with Crippen LogP contribution in [-0.4, -0.2) is 135 Å². The molecule has 4 saturated heterocycles. The highest BCUT2D eigenvalue weighted by Crippen LogP contribution is 2.35. The van der Waals surface area contributed by atoms with Crippen LogP contribution >= 0.6 is 11.8 Å². The minimum Gasteiger partial charge on any atom is -0.445 e. The maximum absolute atomic E-state index is 14.3. The molecule has 5 heterocycles. The first kappa shape index (κ1) is 78.3. The summed E-state index contributed by atoms with van der Waals surface area (Å²) in [4.78, 5) is 138. The zero-order valence-corrected chi connectivity index (χ0v) is 61.3. The Morgan fingerprint density at radius 1 is 0.563 bits per heavy atom. The number of nitrogens with one attached hydrogen (secondary N) is 7. The molecular weight excluding hydrogens is 1320 g/mol. The Labute approximate surface area is 609 Å². The topological polar surface area (TPSA) is 293 Å². The van der Waals surface area contributed by atoms with Crippen LogP contribution in [0.5, 0.6) is 0 Å². The second-order valence-electron chi connectivity index (χ2n) is 29.4. The number of aryl methyl sites for hydroxylation is 1. The van der Waals surface area contributed by atoms with Crippen molar-refractivity contribution in [1.82, 2.24) is 36.9 Å². The lowest BCUT2D eigenvalue weighted by atomic mass is 9.87. The number of hydrogen-bond donors (Lipinski definition) is 7. The third-order valence-electron chi connectivity index (χ3n) is 19.9. The molecule has 6 aromatic rings. The van der Waals surface area contributed by atoms with E-state index in [-0.39, 0.29) is 109 Å². The van der Waals surface area contributed by atoms with E-state index in [0.29, 0.717) is 69.8 Å². The van der Waals surface area contributed by atoms with Crippen LogP contribution in [0.4, 0.5) is 9.59 Å². The first-order valence-electron chi connectivity index (χ1n) is 36.6. The Bertz CT molecular complexity index is 3840. The molecular formula is C82H103N7O13S. The number of carbonyl (C=O) groups excluding carboxylic acids is 10. The molecule has 0 radical (unpaired) electrons. The van der Waals surface area contributed by atoms with Gasteiger partial charge in [-0.3, -0.25) is 38.4 Å². The van der Waals surface area contributed by atoms with Gasteiger partial charge in [0, 0.05) is 71.5 Å². The van der Waals surface area contributed by atoms with Gasteiger partial charge in [-0.1, -0.05) is 181 Å². The van der Waals surface area contributed by atoms with Gasteiger partial charge in [-0.15, -0.1) is 0 Å². The van der Waals surface area contributed by atoms with Crippen molar-refractivity contribution in [3.63, 3.8) is 0 Å². The Hall–Kier alpha value is -8.79. The summed E-state index contributed by atoms with van der Waals surface area (Å²) in [5, 5.41) is 19.0. The number of amides is 6. The number of rotatable bonds is 40. The lowest BCUT2D eigenvalue weighted by molar-refractivity contribution is -0.135. The fourth-order valence-corrected chi connectivity index (χ4v) is 15.2. The van der Waals surface area contributed by atoms with E-state index >= 15 is 0 Å². The predicted molar refractivity (Wildman–Crippen MR) is 398 cm³/mol. The molecule has 7 N–H and O–H groups in total. The zero-order chi connectivity index (χ0) is 73.6. The van der Waals surface area contributed by atoms with Gasteiger partial charge in [-0.05, 0) is 124 Å². The summed E-state index contributed by atoms with van der Waals surface area (Å²) in [6.07, 6.45) is 6.84. The Morgan fingerprint density at radius 2 is 1.07 bits per heavy atom. The van der Waals surface area contributed by atoms with Gasteiger partial charge in [-0.25, -0.2) is 9.59 Å². The number of alkyl carbamates (subject to hydrolysis) is 1. The highest BCUT2D eigenvalue weighted by atomic mass is 32.2. The van der Waals surface area contributed by atoms with Crippen molar-refractivity contribution in [2.45, 2.75) is 204 Å². The Kier molecular flexibility index (Phi) is 28.6. The van der Waals surface area contributed by atoms with Crippen LogP contribution in [-0.2, 0) is 84.9 Å². The van der Waals surface area contributed by atoms with Crippen molar-refractivity contribution in [3.8, 4) is 0 Å². The second kappa shape index (κ2) is 37.6. The van der Waals surface area contributed by atoms with Gasteiger partial charge in [0.2, 0.25) is 17.7 Å². The highest BCUT2D eigenvalue weighted by Gasteiger charge is 2.52. The van der Waals surface area contributed by atoms with Gasteiger partial charge < -0.3 is 51.1 Å². The molecule has 10 rings (SSSR count). The largest absolute Gasteiger partial charge is 0.445 e. The van der Waals surface area contributed by atoms with E-state index in [4.69, 9.17) is 14.2 Å². The first-order chi connectivity index (χ1) is 49.5. The number of benzene rings is 5. The van der Waals surface area contributed by atoms with E-state index in [0.717, 1.165) is 57.3 Å². The van der Waals surface area contributed by atoms with Crippen molar-refractivity contribution in [2.24, 2.45) is 29.6 Å². The summed E-state index contributed by atoms with van der Waals surface area (Å²) >= 11 is 1.86. The SMILES string of the molecule is CC(C)C[C@H](NC(=O)[C@H](CCc1ccccc1)CC(=O)CCCCC1SC[C@@H]2NC(=O)N[C@H]12)C(=O)C[C@@H](Cc1ccccc1)C(=O)N[C@@H](CC(C)C)C(=O)[C@@]1(C)CO1.CC[C@@H](NC(=O)OCc1ccccc1)C(=O)C[C@@H](Cc1c[nH]c2ccccc12)C(=O)N[C@@H](Cc1ccccc1)C(=O)C1(C)CO1. The molecule has 4 aliphatic rings. The van der Waals surface area contributed by atoms with Crippen molar-refractivity contribution in [2.75, 3.05) is 19.0 Å². The second-order valence-corrected chi connectivity index (χ2v) is 30.7. The van der Waals surface area contributed by atoms with Gasteiger partial charge in [-0.2, -0.15) is 11.8 Å². The maximum atomic E-state index is 14.3. The molecule has 1 aromatic heterocycles. The lowest BCUT2D eigenvalue weighted by Crippen LogP contribution is -2.50. The number of fused-ring (bicyclic) bond motifs is 2. The number of aromatic nitrogens is 1. The van der Waals surface area contributed by atoms with Crippen LogP contribution < -0.4 is 31.9 Å². The van der Waals surface area contributed by atoms with Crippen molar-refractivity contribution in [1.29, 1.82) is 0 Å². The number of ether oxygens (including phenoxy) is 3. The van der Waals surface area contributed by atoms with Crippen molar-refractivity contribution < 1.29 is 62.2 Å². The van der Waals surface area contributed by atoms with Gasteiger partial charge in [0.1, 0.15) is 23.6 Å². The van der Waals surface area contributed by atoms with Gasteiger partial charge >= 0.3 is 12.1 Å². The maximum Gasteiger partial charge on any atom is 0.408 e. The smallest absolute Gasteiger partial charge is 0.408 e. The van der Waals surface area contributed by atoms with E-state index in [1.165, 1.54) is 0 Å². The van der Waals surface area contributed by atoms with E-state index in [2.05, 4.69) is 36.9 Å². The molecule has 20 nitrogen and oxygen atoms in total. The number of para-hydroxylation sites is 1. The monoisotopic (exact) mass is 1430 g/mol. The number of unbranched alkanes of at least 4 members (excludes halogenated alkanes) is 1. The first-order valence-corrected chi connectivity index (χ1v) is 37.7. The summed E-state index contributed by atoms with van der Waals surface area (Å²) in [5.41, 5.74) is 3.63. The van der Waals surface area contributed by atoms with Crippen LogP contribution in [0, 0.1) is 29.6 Å². The molecule has 0 spiro atoms. The molecule has 550 valence electrons. The molecule has 4 fully saturated rings. The number of thioether (sulfide) groups is 1. The number of epoxide rings is 2. The number of carbonyl (C=O) groups is 10. The molecule has 4 aliphatic heterocycles. The number of Topliss-reactive ketones (excluding diaryl/α,β-unsaturated/α-hetero) is 5. The summed E-state index contributed by atoms with van der Waals surface area (Å²) < 4.78 is 16.2. The molecule has 5 aromatic carbocycles.